The highest BCUT2D eigenvalue weighted by molar-refractivity contribution is 5.80. The van der Waals surface area contributed by atoms with Crippen LogP contribution in [-0.2, 0) is 4.79 Å². The van der Waals surface area contributed by atoms with Gasteiger partial charge in [-0.15, -0.1) is 0 Å². The third kappa shape index (κ3) is 3.98. The molecule has 2 aliphatic rings. The largest absolute Gasteiger partial charge is 0.355 e. The van der Waals surface area contributed by atoms with Crippen molar-refractivity contribution >= 4 is 5.91 Å². The third-order valence-electron chi connectivity index (χ3n) is 4.40. The van der Waals surface area contributed by atoms with Crippen molar-refractivity contribution in [1.82, 2.24) is 10.6 Å². The summed E-state index contributed by atoms with van der Waals surface area (Å²) in [6.07, 6.45) is 6.11. The lowest BCUT2D eigenvalue weighted by atomic mass is 9.79. The van der Waals surface area contributed by atoms with E-state index in [4.69, 9.17) is 0 Å². The lowest BCUT2D eigenvalue weighted by molar-refractivity contribution is -0.122. The molecule has 0 aromatic rings. The summed E-state index contributed by atoms with van der Waals surface area (Å²) in [6, 6.07) is 0.666. The van der Waals surface area contributed by atoms with E-state index < -0.39 is 0 Å². The molecule has 1 amide bonds. The predicted molar refractivity (Wildman–Crippen MR) is 69.7 cm³/mol. The van der Waals surface area contributed by atoms with Gasteiger partial charge in [0.05, 0.1) is 0 Å². The molecule has 0 spiro atoms. The van der Waals surface area contributed by atoms with E-state index in [0.717, 1.165) is 37.8 Å². The summed E-state index contributed by atoms with van der Waals surface area (Å²) in [5.74, 6) is 2.31. The molecule has 0 bridgehead atoms. The summed E-state index contributed by atoms with van der Waals surface area (Å²) in [5, 5.41) is 6.58. The van der Waals surface area contributed by atoms with Crippen LogP contribution in [0.15, 0.2) is 0 Å². The van der Waals surface area contributed by atoms with E-state index in [1.165, 1.54) is 19.3 Å². The standard InChI is InChI=1S/C14H26N2O/c1-10-3-6-13(9-11(10)2)15-7-8-16-14(17)12-4-5-12/h10-13,15H,3-9H2,1-2H3,(H,16,17)/t10-,11-,13+/m0/s1. The van der Waals surface area contributed by atoms with Gasteiger partial charge < -0.3 is 10.6 Å². The van der Waals surface area contributed by atoms with Gasteiger partial charge in [-0.25, -0.2) is 0 Å². The highest BCUT2D eigenvalue weighted by atomic mass is 16.2. The first kappa shape index (κ1) is 12.9. The van der Waals surface area contributed by atoms with E-state index in [1.54, 1.807) is 0 Å². The van der Waals surface area contributed by atoms with Crippen molar-refractivity contribution in [2.45, 2.75) is 52.0 Å². The third-order valence-corrected chi connectivity index (χ3v) is 4.40. The van der Waals surface area contributed by atoms with E-state index in [2.05, 4.69) is 24.5 Å². The van der Waals surface area contributed by atoms with Gasteiger partial charge in [0.15, 0.2) is 0 Å². The van der Waals surface area contributed by atoms with Crippen LogP contribution in [-0.4, -0.2) is 25.0 Å². The van der Waals surface area contributed by atoms with Crippen LogP contribution in [0, 0.1) is 17.8 Å². The van der Waals surface area contributed by atoms with Gasteiger partial charge in [0.25, 0.3) is 0 Å². The monoisotopic (exact) mass is 238 g/mol. The van der Waals surface area contributed by atoms with Gasteiger partial charge in [-0.3, -0.25) is 4.79 Å². The van der Waals surface area contributed by atoms with E-state index in [1.807, 2.05) is 0 Å². The summed E-state index contributed by atoms with van der Waals surface area (Å²) in [7, 11) is 0. The molecule has 2 saturated carbocycles. The molecule has 0 radical (unpaired) electrons. The predicted octanol–water partition coefficient (Wildman–Crippen LogP) is 1.93. The minimum atomic E-state index is 0.262. The number of nitrogens with one attached hydrogen (secondary N) is 2. The second-order valence-electron chi connectivity index (χ2n) is 5.98. The van der Waals surface area contributed by atoms with Gasteiger partial charge in [0, 0.05) is 25.0 Å². The fourth-order valence-electron chi connectivity index (χ4n) is 2.68. The van der Waals surface area contributed by atoms with Crippen LogP contribution in [0.2, 0.25) is 0 Å². The van der Waals surface area contributed by atoms with Crippen LogP contribution < -0.4 is 10.6 Å². The minimum absolute atomic E-state index is 0.262. The maximum absolute atomic E-state index is 11.4. The number of carbonyl (C=O) groups excluding carboxylic acids is 1. The van der Waals surface area contributed by atoms with Crippen molar-refractivity contribution in [3.05, 3.63) is 0 Å². The van der Waals surface area contributed by atoms with Crippen LogP contribution in [0.3, 0.4) is 0 Å². The van der Waals surface area contributed by atoms with Gasteiger partial charge in [0.2, 0.25) is 5.91 Å². The Hall–Kier alpha value is -0.570. The maximum atomic E-state index is 11.4. The number of hydrogen-bond acceptors (Lipinski definition) is 2. The Morgan fingerprint density at radius 3 is 2.47 bits per heavy atom. The fraction of sp³-hybridized carbons (Fsp3) is 0.929. The molecule has 2 fully saturated rings. The Morgan fingerprint density at radius 1 is 1.06 bits per heavy atom. The van der Waals surface area contributed by atoms with Gasteiger partial charge in [0.1, 0.15) is 0 Å². The Morgan fingerprint density at radius 2 is 1.82 bits per heavy atom. The molecule has 0 unspecified atom stereocenters. The Bertz CT molecular complexity index is 263. The quantitative estimate of drug-likeness (QED) is 0.719. The number of amides is 1. The van der Waals surface area contributed by atoms with Gasteiger partial charge in [-0.1, -0.05) is 13.8 Å². The number of carbonyl (C=O) groups is 1. The number of rotatable bonds is 5. The highest BCUT2D eigenvalue weighted by Crippen LogP contribution is 2.29. The SMILES string of the molecule is C[C@H]1CC[C@@H](NCCNC(=O)C2CC2)C[C@@H]1C. The Labute approximate surface area is 105 Å². The second kappa shape index (κ2) is 5.85. The van der Waals surface area contributed by atoms with Crippen molar-refractivity contribution < 1.29 is 4.79 Å². The van der Waals surface area contributed by atoms with Crippen molar-refractivity contribution in [1.29, 1.82) is 0 Å². The van der Waals surface area contributed by atoms with Crippen molar-refractivity contribution in [3.8, 4) is 0 Å². The lowest BCUT2D eigenvalue weighted by Crippen LogP contribution is -2.40. The van der Waals surface area contributed by atoms with Crippen molar-refractivity contribution in [2.24, 2.45) is 17.8 Å². The average Bonchev–Trinajstić information content (AvgIpc) is 3.13. The molecule has 3 atom stereocenters. The van der Waals surface area contributed by atoms with E-state index in [9.17, 15) is 4.79 Å². The normalized spacial score (nSPS) is 33.4. The highest BCUT2D eigenvalue weighted by Gasteiger charge is 2.29. The topological polar surface area (TPSA) is 41.1 Å². The summed E-state index contributed by atoms with van der Waals surface area (Å²) in [5.41, 5.74) is 0. The smallest absolute Gasteiger partial charge is 0.223 e. The van der Waals surface area contributed by atoms with Crippen LogP contribution in [0.4, 0.5) is 0 Å². The van der Waals surface area contributed by atoms with Gasteiger partial charge in [-0.2, -0.15) is 0 Å². The van der Waals surface area contributed by atoms with Gasteiger partial charge >= 0.3 is 0 Å². The maximum Gasteiger partial charge on any atom is 0.223 e. The molecule has 2 aliphatic carbocycles. The lowest BCUT2D eigenvalue weighted by Gasteiger charge is -2.32. The van der Waals surface area contributed by atoms with Crippen LogP contribution >= 0.6 is 0 Å². The Balaban J connectivity index is 1.54. The molecule has 0 aromatic heterocycles. The first-order valence-corrected chi connectivity index (χ1v) is 7.18. The summed E-state index contributed by atoms with van der Waals surface area (Å²) in [4.78, 5) is 11.4. The zero-order chi connectivity index (χ0) is 12.3. The molecule has 3 heteroatoms. The Kier molecular flexibility index (Phi) is 4.43. The second-order valence-corrected chi connectivity index (χ2v) is 5.98. The van der Waals surface area contributed by atoms with Crippen LogP contribution in [0.25, 0.3) is 0 Å². The minimum Gasteiger partial charge on any atom is -0.355 e. The van der Waals surface area contributed by atoms with E-state index >= 15 is 0 Å². The van der Waals surface area contributed by atoms with Crippen LogP contribution in [0.5, 0.6) is 0 Å². The molecule has 0 aliphatic heterocycles. The first-order valence-electron chi connectivity index (χ1n) is 7.18. The van der Waals surface area contributed by atoms with Crippen LogP contribution in [0.1, 0.15) is 46.0 Å². The van der Waals surface area contributed by atoms with E-state index in [0.29, 0.717) is 12.0 Å². The number of hydrogen-bond donors (Lipinski definition) is 2. The molecular weight excluding hydrogens is 212 g/mol. The molecule has 0 saturated heterocycles. The van der Waals surface area contributed by atoms with Crippen molar-refractivity contribution in [3.63, 3.8) is 0 Å². The molecule has 3 nitrogen and oxygen atoms in total. The van der Waals surface area contributed by atoms with E-state index in [-0.39, 0.29) is 5.91 Å². The zero-order valence-electron chi connectivity index (χ0n) is 11.2. The summed E-state index contributed by atoms with van der Waals surface area (Å²) < 4.78 is 0. The fourth-order valence-corrected chi connectivity index (χ4v) is 2.68. The molecular formula is C14H26N2O. The molecule has 2 N–H and O–H groups in total. The summed E-state index contributed by atoms with van der Waals surface area (Å²) in [6.45, 7) is 6.42. The van der Waals surface area contributed by atoms with Gasteiger partial charge in [-0.05, 0) is 43.9 Å². The molecule has 17 heavy (non-hydrogen) atoms. The molecule has 2 rings (SSSR count). The average molecular weight is 238 g/mol. The molecule has 98 valence electrons. The zero-order valence-corrected chi connectivity index (χ0v) is 11.2. The first-order chi connectivity index (χ1) is 8.16. The summed E-state index contributed by atoms with van der Waals surface area (Å²) >= 11 is 0. The molecule has 0 heterocycles. The molecule has 0 aromatic carbocycles. The van der Waals surface area contributed by atoms with Crippen molar-refractivity contribution in [2.75, 3.05) is 13.1 Å².